The molecule has 0 amide bonds. The van der Waals surface area contributed by atoms with Crippen molar-refractivity contribution in [3.63, 3.8) is 0 Å². The summed E-state index contributed by atoms with van der Waals surface area (Å²) in [6.45, 7) is 3.51. The first-order valence-electron chi connectivity index (χ1n) is 5.92. The Kier molecular flexibility index (Phi) is 4.86. The molecular weight excluding hydrogens is 284 g/mol. The Labute approximate surface area is 120 Å². The van der Waals surface area contributed by atoms with Crippen LogP contribution in [-0.2, 0) is 6.54 Å². The summed E-state index contributed by atoms with van der Waals surface area (Å²) >= 11 is 7.48. The quantitative estimate of drug-likeness (QED) is 0.883. The van der Waals surface area contributed by atoms with Gasteiger partial charge in [0.1, 0.15) is 0 Å². The molecule has 0 atom stereocenters. The van der Waals surface area contributed by atoms with E-state index in [0.717, 1.165) is 18.7 Å². The Morgan fingerprint density at radius 2 is 2.21 bits per heavy atom. The van der Waals surface area contributed by atoms with Crippen LogP contribution >= 0.6 is 22.9 Å². The number of nitrogens with one attached hydrogen (secondary N) is 1. The van der Waals surface area contributed by atoms with Gasteiger partial charge in [0.25, 0.3) is 0 Å². The third kappa shape index (κ3) is 4.00. The van der Waals surface area contributed by atoms with E-state index in [1.54, 1.807) is 16.8 Å². The molecule has 19 heavy (non-hydrogen) atoms. The molecular formula is C11H15ClN6S. The van der Waals surface area contributed by atoms with Crippen molar-refractivity contribution in [1.82, 2.24) is 19.9 Å². The number of halogens is 1. The van der Waals surface area contributed by atoms with Crippen molar-refractivity contribution in [1.29, 1.82) is 0 Å². The first-order valence-corrected chi connectivity index (χ1v) is 7.24. The largest absolute Gasteiger partial charge is 0.354 e. The van der Waals surface area contributed by atoms with Gasteiger partial charge in [-0.25, -0.2) is 4.98 Å². The van der Waals surface area contributed by atoms with E-state index in [0.29, 0.717) is 18.4 Å². The Balaban J connectivity index is 2.11. The second kappa shape index (κ2) is 6.63. The van der Waals surface area contributed by atoms with E-state index in [2.05, 4.69) is 32.2 Å². The van der Waals surface area contributed by atoms with Crippen molar-refractivity contribution >= 4 is 34.8 Å². The van der Waals surface area contributed by atoms with Crippen LogP contribution in [0.15, 0.2) is 10.9 Å². The Hall–Kier alpha value is -1.47. The van der Waals surface area contributed by atoms with Crippen LogP contribution in [0.2, 0.25) is 5.28 Å². The Morgan fingerprint density at radius 1 is 1.37 bits per heavy atom. The predicted molar refractivity (Wildman–Crippen MR) is 77.8 cm³/mol. The fourth-order valence-electron chi connectivity index (χ4n) is 1.46. The van der Waals surface area contributed by atoms with Gasteiger partial charge in [0.2, 0.25) is 17.2 Å². The second-order valence-corrected chi connectivity index (χ2v) is 5.05. The van der Waals surface area contributed by atoms with E-state index >= 15 is 0 Å². The van der Waals surface area contributed by atoms with Crippen molar-refractivity contribution in [3.8, 4) is 0 Å². The highest BCUT2D eigenvalue weighted by Crippen LogP contribution is 2.15. The van der Waals surface area contributed by atoms with Gasteiger partial charge in [-0.15, -0.1) is 11.3 Å². The minimum absolute atomic E-state index is 0.189. The molecule has 0 aliphatic heterocycles. The number of thiazole rings is 1. The molecule has 0 saturated carbocycles. The number of hydrogen-bond acceptors (Lipinski definition) is 7. The van der Waals surface area contributed by atoms with Crippen LogP contribution in [0.1, 0.15) is 19.0 Å². The van der Waals surface area contributed by atoms with E-state index in [-0.39, 0.29) is 5.28 Å². The predicted octanol–water partition coefficient (Wildman–Crippen LogP) is 2.44. The lowest BCUT2D eigenvalue weighted by Gasteiger charge is -2.16. The maximum atomic E-state index is 5.91. The second-order valence-electron chi connectivity index (χ2n) is 3.99. The van der Waals surface area contributed by atoms with Crippen LogP contribution in [0, 0.1) is 0 Å². The van der Waals surface area contributed by atoms with Gasteiger partial charge in [-0.3, -0.25) is 0 Å². The lowest BCUT2D eigenvalue weighted by atomic mass is 10.4. The van der Waals surface area contributed by atoms with Crippen LogP contribution in [0.25, 0.3) is 0 Å². The van der Waals surface area contributed by atoms with Gasteiger partial charge < -0.3 is 10.2 Å². The first kappa shape index (κ1) is 14.0. The molecule has 0 saturated heterocycles. The van der Waals surface area contributed by atoms with Gasteiger partial charge in [0.05, 0.1) is 17.7 Å². The molecule has 0 aliphatic carbocycles. The van der Waals surface area contributed by atoms with E-state index in [1.807, 2.05) is 17.3 Å². The van der Waals surface area contributed by atoms with Crippen molar-refractivity contribution in [2.24, 2.45) is 0 Å². The van der Waals surface area contributed by atoms with Crippen LogP contribution < -0.4 is 10.2 Å². The zero-order valence-corrected chi connectivity index (χ0v) is 12.4. The molecule has 0 spiro atoms. The topological polar surface area (TPSA) is 66.8 Å². The van der Waals surface area contributed by atoms with Crippen molar-refractivity contribution in [3.05, 3.63) is 21.9 Å². The molecule has 8 heteroatoms. The average Bonchev–Trinajstić information content (AvgIpc) is 2.88. The summed E-state index contributed by atoms with van der Waals surface area (Å²) in [4.78, 5) is 18.6. The molecule has 102 valence electrons. The minimum atomic E-state index is 0.189. The first-order chi connectivity index (χ1) is 9.19. The Morgan fingerprint density at radius 3 is 2.89 bits per heavy atom. The summed E-state index contributed by atoms with van der Waals surface area (Å²) in [5, 5.41) is 5.29. The monoisotopic (exact) mass is 298 g/mol. The van der Waals surface area contributed by atoms with Crippen LogP contribution in [0.5, 0.6) is 0 Å². The third-order valence-corrected chi connectivity index (χ3v) is 3.16. The number of nitrogens with zero attached hydrogens (tertiary/aromatic N) is 5. The molecule has 0 aliphatic rings. The Bertz CT molecular complexity index is 518. The SMILES string of the molecule is CCCNc1nc(Cl)nc(N(C)Cc2cscn2)n1. The summed E-state index contributed by atoms with van der Waals surface area (Å²) in [7, 11) is 1.90. The lowest BCUT2D eigenvalue weighted by Crippen LogP contribution is -2.20. The third-order valence-electron chi connectivity index (χ3n) is 2.35. The highest BCUT2D eigenvalue weighted by Gasteiger charge is 2.10. The number of anilines is 2. The molecule has 0 unspecified atom stereocenters. The summed E-state index contributed by atoms with van der Waals surface area (Å²) < 4.78 is 0. The van der Waals surface area contributed by atoms with Gasteiger partial charge >= 0.3 is 0 Å². The van der Waals surface area contributed by atoms with E-state index in [1.165, 1.54) is 0 Å². The van der Waals surface area contributed by atoms with Gasteiger partial charge in [0.15, 0.2) is 0 Å². The molecule has 2 aromatic rings. The molecule has 2 heterocycles. The summed E-state index contributed by atoms with van der Waals surface area (Å²) in [6, 6.07) is 0. The molecule has 0 radical (unpaired) electrons. The highest BCUT2D eigenvalue weighted by molar-refractivity contribution is 7.07. The highest BCUT2D eigenvalue weighted by atomic mass is 35.5. The molecule has 1 N–H and O–H groups in total. The molecule has 2 aromatic heterocycles. The molecule has 0 fully saturated rings. The minimum Gasteiger partial charge on any atom is -0.354 e. The zero-order chi connectivity index (χ0) is 13.7. The normalized spacial score (nSPS) is 10.5. The maximum Gasteiger partial charge on any atom is 0.231 e. The van der Waals surface area contributed by atoms with E-state index < -0.39 is 0 Å². The van der Waals surface area contributed by atoms with Crippen LogP contribution in [0.3, 0.4) is 0 Å². The van der Waals surface area contributed by atoms with Gasteiger partial charge in [0, 0.05) is 19.0 Å². The van der Waals surface area contributed by atoms with Gasteiger partial charge in [-0.2, -0.15) is 15.0 Å². The summed E-state index contributed by atoms with van der Waals surface area (Å²) in [6.07, 6.45) is 0.993. The van der Waals surface area contributed by atoms with Crippen molar-refractivity contribution in [2.45, 2.75) is 19.9 Å². The average molecular weight is 299 g/mol. The standard InChI is InChI=1S/C11H15ClN6S/c1-3-4-13-10-15-9(12)16-11(17-10)18(2)5-8-6-19-7-14-8/h6-7H,3-5H2,1-2H3,(H,13,15,16,17). The van der Waals surface area contributed by atoms with E-state index in [9.17, 15) is 0 Å². The molecule has 2 rings (SSSR count). The molecule has 6 nitrogen and oxygen atoms in total. The van der Waals surface area contributed by atoms with Crippen molar-refractivity contribution in [2.75, 3.05) is 23.8 Å². The summed E-state index contributed by atoms with van der Waals surface area (Å²) in [5.41, 5.74) is 2.78. The maximum absolute atomic E-state index is 5.91. The van der Waals surface area contributed by atoms with Gasteiger partial charge in [-0.05, 0) is 18.0 Å². The number of aromatic nitrogens is 4. The number of hydrogen-bond donors (Lipinski definition) is 1. The summed E-state index contributed by atoms with van der Waals surface area (Å²) in [5.74, 6) is 1.04. The van der Waals surface area contributed by atoms with Gasteiger partial charge in [-0.1, -0.05) is 6.92 Å². The lowest BCUT2D eigenvalue weighted by molar-refractivity contribution is 0.833. The molecule has 0 aromatic carbocycles. The smallest absolute Gasteiger partial charge is 0.231 e. The fourth-order valence-corrected chi connectivity index (χ4v) is 2.16. The zero-order valence-electron chi connectivity index (χ0n) is 10.8. The number of rotatable bonds is 6. The van der Waals surface area contributed by atoms with Crippen LogP contribution in [0.4, 0.5) is 11.9 Å². The van der Waals surface area contributed by atoms with Crippen LogP contribution in [-0.4, -0.2) is 33.5 Å². The molecule has 0 bridgehead atoms. The fraction of sp³-hybridized carbons (Fsp3) is 0.455. The van der Waals surface area contributed by atoms with E-state index in [4.69, 9.17) is 11.6 Å². The van der Waals surface area contributed by atoms with Crippen molar-refractivity contribution < 1.29 is 0 Å².